The Balaban J connectivity index is 1.30. The molecule has 0 radical (unpaired) electrons. The molecule has 0 aliphatic rings. The molecular formula is C33H27N7. The van der Waals surface area contributed by atoms with Crippen LogP contribution in [0, 0.1) is 0 Å². The van der Waals surface area contributed by atoms with Crippen molar-refractivity contribution in [1.29, 1.82) is 0 Å². The normalized spacial score (nSPS) is 11.0. The van der Waals surface area contributed by atoms with Gasteiger partial charge < -0.3 is 4.90 Å². The van der Waals surface area contributed by atoms with Gasteiger partial charge in [-0.15, -0.1) is 0 Å². The summed E-state index contributed by atoms with van der Waals surface area (Å²) in [5, 5.41) is 19.1. The van der Waals surface area contributed by atoms with Crippen LogP contribution in [0.5, 0.6) is 0 Å². The Morgan fingerprint density at radius 1 is 0.575 bits per heavy atom. The molecule has 0 saturated heterocycles. The highest BCUT2D eigenvalue weighted by Gasteiger charge is 2.17. The topological polar surface area (TPSA) is 62.4 Å². The molecular weight excluding hydrogens is 494 g/mol. The third kappa shape index (κ3) is 5.63. The zero-order chi connectivity index (χ0) is 27.0. The molecule has 1 heterocycles. The molecule has 0 fully saturated rings. The lowest BCUT2D eigenvalue weighted by atomic mass is 10.1. The van der Waals surface area contributed by atoms with Crippen molar-refractivity contribution in [2.75, 3.05) is 9.91 Å². The fourth-order valence-corrected chi connectivity index (χ4v) is 4.45. The van der Waals surface area contributed by atoms with Crippen molar-refractivity contribution in [2.24, 2.45) is 5.10 Å². The summed E-state index contributed by atoms with van der Waals surface area (Å²) in [6, 6.07) is 49.0. The van der Waals surface area contributed by atoms with Gasteiger partial charge in [0.25, 0.3) is 5.95 Å². The highest BCUT2D eigenvalue weighted by atomic mass is 15.6. The Morgan fingerprint density at radius 2 is 1.07 bits per heavy atom. The van der Waals surface area contributed by atoms with E-state index >= 15 is 0 Å². The Kier molecular flexibility index (Phi) is 7.35. The first kappa shape index (κ1) is 24.8. The van der Waals surface area contributed by atoms with E-state index in [0.29, 0.717) is 12.5 Å². The maximum Gasteiger partial charge on any atom is 0.271 e. The van der Waals surface area contributed by atoms with Gasteiger partial charge in [-0.05, 0) is 70.1 Å². The molecule has 6 aromatic rings. The molecule has 40 heavy (non-hydrogen) atoms. The maximum atomic E-state index is 4.83. The van der Waals surface area contributed by atoms with Crippen LogP contribution in [-0.4, -0.2) is 26.4 Å². The lowest BCUT2D eigenvalue weighted by Gasteiger charge is -2.25. The molecule has 0 saturated carbocycles. The highest BCUT2D eigenvalue weighted by Crippen LogP contribution is 2.34. The number of hydrogen-bond acceptors (Lipinski definition) is 6. The van der Waals surface area contributed by atoms with Crippen molar-refractivity contribution in [3.8, 4) is 0 Å². The smallest absolute Gasteiger partial charge is 0.271 e. The molecule has 0 bridgehead atoms. The van der Waals surface area contributed by atoms with Gasteiger partial charge in [-0.3, -0.25) is 0 Å². The van der Waals surface area contributed by atoms with Gasteiger partial charge in [0.05, 0.1) is 18.4 Å². The predicted octanol–water partition coefficient (Wildman–Crippen LogP) is 7.36. The van der Waals surface area contributed by atoms with Gasteiger partial charge in [-0.25, -0.2) is 4.68 Å². The molecule has 7 nitrogen and oxygen atoms in total. The van der Waals surface area contributed by atoms with Gasteiger partial charge in [-0.1, -0.05) is 102 Å². The number of rotatable bonds is 9. The summed E-state index contributed by atoms with van der Waals surface area (Å²) in [5.74, 6) is 0.530. The van der Waals surface area contributed by atoms with Gasteiger partial charge in [0, 0.05) is 17.1 Å². The van der Waals surface area contributed by atoms with E-state index in [1.165, 1.54) is 0 Å². The van der Waals surface area contributed by atoms with Crippen LogP contribution in [0.3, 0.4) is 0 Å². The van der Waals surface area contributed by atoms with E-state index in [9.17, 15) is 0 Å². The molecule has 0 N–H and O–H groups in total. The first-order valence-corrected chi connectivity index (χ1v) is 13.0. The summed E-state index contributed by atoms with van der Waals surface area (Å²) in [5.41, 5.74) is 6.16. The number of anilines is 5. The molecule has 0 unspecified atom stereocenters. The number of hydrazone groups is 1. The SMILES string of the molecule is C(=N\N(c1ccccc1)c1nnnn1Cc1ccccc1)/c1ccc(N(c2ccccc2)c2ccccc2)cc1. The number of para-hydroxylation sites is 3. The molecule has 0 aliphatic carbocycles. The highest BCUT2D eigenvalue weighted by molar-refractivity contribution is 5.83. The number of tetrazole rings is 1. The van der Waals surface area contributed by atoms with Crippen LogP contribution >= 0.6 is 0 Å². The third-order valence-corrected chi connectivity index (χ3v) is 6.38. The predicted molar refractivity (Wildman–Crippen MR) is 161 cm³/mol. The van der Waals surface area contributed by atoms with Crippen molar-refractivity contribution >= 4 is 34.9 Å². The van der Waals surface area contributed by atoms with Crippen LogP contribution in [0.4, 0.5) is 28.7 Å². The standard InChI is InChI=1S/C33H27N7/c1-5-13-28(14-6-1)26-38-33(35-36-37-38)40(32-19-11-4-12-20-32)34-25-27-21-23-31(24-22-27)39(29-15-7-2-8-16-29)30-17-9-3-10-18-30/h1-25H,26H2/b34-25+. The first-order chi connectivity index (χ1) is 19.8. The quantitative estimate of drug-likeness (QED) is 0.147. The number of nitrogens with zero attached hydrogens (tertiary/aromatic N) is 7. The number of benzene rings is 5. The van der Waals surface area contributed by atoms with E-state index in [-0.39, 0.29) is 0 Å². The van der Waals surface area contributed by atoms with E-state index in [2.05, 4.69) is 105 Å². The molecule has 1 aromatic heterocycles. The molecule has 5 aromatic carbocycles. The zero-order valence-electron chi connectivity index (χ0n) is 21.8. The number of hydrogen-bond donors (Lipinski definition) is 0. The van der Waals surface area contributed by atoms with Crippen LogP contribution in [0.15, 0.2) is 151 Å². The second kappa shape index (κ2) is 11.9. The van der Waals surface area contributed by atoms with Crippen LogP contribution in [-0.2, 0) is 6.54 Å². The summed E-state index contributed by atoms with van der Waals surface area (Å²) in [6.07, 6.45) is 1.83. The minimum Gasteiger partial charge on any atom is -0.311 e. The summed E-state index contributed by atoms with van der Waals surface area (Å²) in [4.78, 5) is 2.23. The number of aromatic nitrogens is 4. The fraction of sp³-hybridized carbons (Fsp3) is 0.0303. The molecule has 6 rings (SSSR count). The summed E-state index contributed by atoms with van der Waals surface area (Å²) >= 11 is 0. The third-order valence-electron chi connectivity index (χ3n) is 6.38. The van der Waals surface area contributed by atoms with E-state index in [4.69, 9.17) is 5.10 Å². The summed E-state index contributed by atoms with van der Waals surface area (Å²) in [7, 11) is 0. The van der Waals surface area contributed by atoms with Crippen molar-refractivity contribution < 1.29 is 0 Å². The van der Waals surface area contributed by atoms with Gasteiger partial charge in [0.2, 0.25) is 0 Å². The van der Waals surface area contributed by atoms with Crippen LogP contribution in [0.2, 0.25) is 0 Å². The molecule has 0 spiro atoms. The van der Waals surface area contributed by atoms with Crippen molar-refractivity contribution in [3.05, 3.63) is 157 Å². The Morgan fingerprint density at radius 3 is 1.65 bits per heavy atom. The molecule has 7 heteroatoms. The largest absolute Gasteiger partial charge is 0.311 e. The van der Waals surface area contributed by atoms with Crippen LogP contribution in [0.25, 0.3) is 0 Å². The average Bonchev–Trinajstić information content (AvgIpc) is 3.48. The Hall–Kier alpha value is -5.56. The van der Waals surface area contributed by atoms with E-state index < -0.39 is 0 Å². The average molecular weight is 522 g/mol. The minimum absolute atomic E-state index is 0.530. The minimum atomic E-state index is 0.530. The first-order valence-electron chi connectivity index (χ1n) is 13.0. The van der Waals surface area contributed by atoms with Gasteiger partial charge >= 0.3 is 0 Å². The lowest BCUT2D eigenvalue weighted by molar-refractivity contribution is 0.645. The Labute approximate surface area is 233 Å². The molecule has 0 aliphatic heterocycles. The van der Waals surface area contributed by atoms with Crippen molar-refractivity contribution in [1.82, 2.24) is 20.2 Å². The second-order valence-corrected chi connectivity index (χ2v) is 9.11. The molecule has 0 atom stereocenters. The van der Waals surface area contributed by atoms with E-state index in [1.807, 2.05) is 66.9 Å². The van der Waals surface area contributed by atoms with Gasteiger partial charge in [0.1, 0.15) is 0 Å². The van der Waals surface area contributed by atoms with Crippen LogP contribution in [0.1, 0.15) is 11.1 Å². The second-order valence-electron chi connectivity index (χ2n) is 9.11. The van der Waals surface area contributed by atoms with Crippen molar-refractivity contribution in [2.45, 2.75) is 6.54 Å². The van der Waals surface area contributed by atoms with Gasteiger partial charge in [0.15, 0.2) is 0 Å². The fourth-order valence-electron chi connectivity index (χ4n) is 4.45. The monoisotopic (exact) mass is 521 g/mol. The van der Waals surface area contributed by atoms with Crippen molar-refractivity contribution in [3.63, 3.8) is 0 Å². The van der Waals surface area contributed by atoms with Gasteiger partial charge in [-0.2, -0.15) is 10.1 Å². The summed E-state index contributed by atoms with van der Waals surface area (Å²) < 4.78 is 1.75. The zero-order valence-corrected chi connectivity index (χ0v) is 21.8. The van der Waals surface area contributed by atoms with E-state index in [0.717, 1.165) is 33.9 Å². The lowest BCUT2D eigenvalue weighted by Crippen LogP contribution is -2.16. The summed E-state index contributed by atoms with van der Waals surface area (Å²) in [6.45, 7) is 0.533. The Bertz CT molecular complexity index is 1610. The molecule has 194 valence electrons. The van der Waals surface area contributed by atoms with E-state index in [1.54, 1.807) is 9.69 Å². The maximum absolute atomic E-state index is 4.83. The molecule has 0 amide bonds. The van der Waals surface area contributed by atoms with Crippen LogP contribution < -0.4 is 9.91 Å².